The van der Waals surface area contributed by atoms with Gasteiger partial charge in [0.05, 0.1) is 5.92 Å². The summed E-state index contributed by atoms with van der Waals surface area (Å²) in [6, 6.07) is 0. The minimum Gasteiger partial charge on any atom is -0.342 e. The maximum absolute atomic E-state index is 12.4. The zero-order valence-electron chi connectivity index (χ0n) is 19.1. The summed E-state index contributed by atoms with van der Waals surface area (Å²) in [6.45, 7) is 3.40. The Kier molecular flexibility index (Phi) is 12.7. The minimum absolute atomic E-state index is 0.0693. The summed E-state index contributed by atoms with van der Waals surface area (Å²) in [5.41, 5.74) is 2.43. The zero-order chi connectivity index (χ0) is 22.2. The predicted molar refractivity (Wildman–Crippen MR) is 126 cm³/mol. The first kappa shape index (κ1) is 25.1. The number of likely N-dealkylation sites (tertiary alicyclic amines) is 1. The third kappa shape index (κ3) is 10.1. The molecule has 0 aliphatic carbocycles. The van der Waals surface area contributed by atoms with Gasteiger partial charge in [0.25, 0.3) is 5.91 Å². The number of fused-ring (bicyclic) bond motifs is 1. The van der Waals surface area contributed by atoms with Crippen LogP contribution in [0, 0.1) is 5.92 Å². The van der Waals surface area contributed by atoms with Gasteiger partial charge in [-0.05, 0) is 51.4 Å². The Morgan fingerprint density at radius 3 is 2.23 bits per heavy atom. The van der Waals surface area contributed by atoms with Gasteiger partial charge < -0.3 is 4.90 Å². The average Bonchev–Trinajstić information content (AvgIpc) is 3.16. The normalized spacial score (nSPS) is 21.7. The van der Waals surface area contributed by atoms with Crippen molar-refractivity contribution >= 4 is 11.8 Å². The minimum atomic E-state index is -0.203. The van der Waals surface area contributed by atoms with Gasteiger partial charge in [0.1, 0.15) is 6.10 Å². The van der Waals surface area contributed by atoms with Crippen molar-refractivity contribution in [1.29, 1.82) is 0 Å². The number of carbonyl (C=O) groups excluding carboxylic acids is 2. The van der Waals surface area contributed by atoms with Crippen molar-refractivity contribution in [2.75, 3.05) is 13.1 Å². The van der Waals surface area contributed by atoms with Crippen LogP contribution in [0.2, 0.25) is 0 Å². The summed E-state index contributed by atoms with van der Waals surface area (Å²) >= 11 is 0. The van der Waals surface area contributed by atoms with E-state index in [9.17, 15) is 9.59 Å². The predicted octanol–water partition coefficient (Wildman–Crippen LogP) is 5.41. The second-order valence-electron chi connectivity index (χ2n) is 8.34. The third-order valence-corrected chi connectivity index (χ3v) is 5.77. The molecule has 2 atom stereocenters. The van der Waals surface area contributed by atoms with Crippen molar-refractivity contribution in [3.8, 4) is 0 Å². The van der Waals surface area contributed by atoms with Crippen molar-refractivity contribution < 1.29 is 14.4 Å². The molecule has 2 unspecified atom stereocenters. The summed E-state index contributed by atoms with van der Waals surface area (Å²) in [5.74, 6) is -0.149. The highest BCUT2D eigenvalue weighted by Gasteiger charge is 2.41. The van der Waals surface area contributed by atoms with E-state index in [-0.39, 0.29) is 23.8 Å². The first-order valence-electron chi connectivity index (χ1n) is 12.1. The van der Waals surface area contributed by atoms with E-state index in [1.807, 2.05) is 4.90 Å². The number of allylic oxidation sites excluding steroid dienone is 8. The summed E-state index contributed by atoms with van der Waals surface area (Å²) in [6.07, 6.45) is 28.7. The van der Waals surface area contributed by atoms with Gasteiger partial charge in [-0.1, -0.05) is 68.4 Å². The van der Waals surface area contributed by atoms with Gasteiger partial charge in [0.2, 0.25) is 5.91 Å². The Balaban J connectivity index is 1.45. The highest BCUT2D eigenvalue weighted by Crippen LogP contribution is 2.24. The molecule has 2 saturated heterocycles. The maximum atomic E-state index is 12.4. The number of carbonyl (C=O) groups is 2. The smallest absolute Gasteiger partial charge is 0.251 e. The number of amides is 2. The number of piperidine rings is 1. The molecule has 2 rings (SSSR count). The third-order valence-electron chi connectivity index (χ3n) is 5.77. The number of nitrogens with zero attached hydrogens (tertiary/aromatic N) is 1. The number of hydrogen-bond acceptors (Lipinski definition) is 3. The number of rotatable bonds is 14. The maximum Gasteiger partial charge on any atom is 0.251 e. The quantitative estimate of drug-likeness (QED) is 0.297. The Labute approximate surface area is 188 Å². The number of unbranched alkanes of at least 4 members (excludes halogenated alkanes) is 4. The monoisotopic (exact) mass is 428 g/mol. The van der Waals surface area contributed by atoms with Crippen LogP contribution in [-0.2, 0) is 14.4 Å². The Bertz CT molecular complexity index is 651. The van der Waals surface area contributed by atoms with E-state index in [1.54, 1.807) is 0 Å². The standard InChI is InChI=1S/C26H40N2O3/c1-2-3-4-5-6-7-8-9-10-11-12-13-14-15-16-17-18-19-25(29)28-21-20-24-23(22-28)26(30)27-31-24/h6-7,9-10,12-13,15-16,23-24H,2-5,8,11,14,17-22H2,1H3,(H,27,30). The highest BCUT2D eigenvalue weighted by atomic mass is 16.7. The molecule has 1 N–H and O–H groups in total. The molecule has 2 aliphatic rings. The molecular formula is C26H40N2O3. The number of hydroxylamine groups is 1. The summed E-state index contributed by atoms with van der Waals surface area (Å²) in [5, 5.41) is 0. The molecule has 0 aromatic rings. The van der Waals surface area contributed by atoms with Crippen molar-refractivity contribution in [2.45, 2.75) is 83.7 Å². The Hall–Kier alpha value is -2.14. The van der Waals surface area contributed by atoms with Gasteiger partial charge >= 0.3 is 0 Å². The van der Waals surface area contributed by atoms with E-state index in [4.69, 9.17) is 4.84 Å². The zero-order valence-corrected chi connectivity index (χ0v) is 19.1. The van der Waals surface area contributed by atoms with E-state index in [2.05, 4.69) is 61.0 Å². The lowest BCUT2D eigenvalue weighted by Gasteiger charge is -2.32. The number of nitrogens with one attached hydrogen (secondary N) is 1. The van der Waals surface area contributed by atoms with Crippen LogP contribution < -0.4 is 5.48 Å². The average molecular weight is 429 g/mol. The molecule has 31 heavy (non-hydrogen) atoms. The second-order valence-corrected chi connectivity index (χ2v) is 8.34. The molecule has 0 aromatic heterocycles. The molecule has 5 nitrogen and oxygen atoms in total. The van der Waals surface area contributed by atoms with Gasteiger partial charge in [-0.15, -0.1) is 0 Å². The lowest BCUT2D eigenvalue weighted by molar-refractivity contribution is -0.135. The van der Waals surface area contributed by atoms with Crippen LogP contribution in [-0.4, -0.2) is 35.9 Å². The van der Waals surface area contributed by atoms with E-state index in [1.165, 1.54) is 25.7 Å². The Morgan fingerprint density at radius 2 is 1.58 bits per heavy atom. The van der Waals surface area contributed by atoms with Crippen LogP contribution in [0.3, 0.4) is 0 Å². The molecule has 0 aromatic carbocycles. The van der Waals surface area contributed by atoms with Crippen molar-refractivity contribution in [1.82, 2.24) is 10.4 Å². The fourth-order valence-corrected chi connectivity index (χ4v) is 3.85. The largest absolute Gasteiger partial charge is 0.342 e. The summed E-state index contributed by atoms with van der Waals surface area (Å²) in [4.78, 5) is 31.1. The van der Waals surface area contributed by atoms with E-state index >= 15 is 0 Å². The van der Waals surface area contributed by atoms with Crippen LogP contribution in [0.1, 0.15) is 77.6 Å². The van der Waals surface area contributed by atoms with Crippen LogP contribution in [0.4, 0.5) is 0 Å². The first-order chi connectivity index (χ1) is 15.2. The van der Waals surface area contributed by atoms with Gasteiger partial charge in [0, 0.05) is 19.5 Å². The van der Waals surface area contributed by atoms with E-state index < -0.39 is 0 Å². The molecule has 2 heterocycles. The molecule has 0 bridgehead atoms. The van der Waals surface area contributed by atoms with Crippen LogP contribution in [0.25, 0.3) is 0 Å². The van der Waals surface area contributed by atoms with Gasteiger partial charge in [-0.2, -0.15) is 0 Å². The molecule has 2 fully saturated rings. The first-order valence-corrected chi connectivity index (χ1v) is 12.1. The molecular weight excluding hydrogens is 388 g/mol. The molecule has 2 aliphatic heterocycles. The number of hydrogen-bond donors (Lipinski definition) is 1. The lowest BCUT2D eigenvalue weighted by atomic mass is 9.95. The van der Waals surface area contributed by atoms with Gasteiger partial charge in [-0.25, -0.2) is 5.48 Å². The summed E-state index contributed by atoms with van der Waals surface area (Å²) < 4.78 is 0. The SMILES string of the molecule is CCCCCC=CCC=CCC=CCC=CCCCC(=O)N1CCC2ONC(=O)C2C1. The molecule has 0 radical (unpaired) electrons. The highest BCUT2D eigenvalue weighted by molar-refractivity contribution is 5.82. The van der Waals surface area contributed by atoms with Crippen molar-refractivity contribution in [3.05, 3.63) is 48.6 Å². The van der Waals surface area contributed by atoms with Crippen LogP contribution >= 0.6 is 0 Å². The van der Waals surface area contributed by atoms with Crippen LogP contribution in [0.15, 0.2) is 48.6 Å². The van der Waals surface area contributed by atoms with Crippen molar-refractivity contribution in [3.63, 3.8) is 0 Å². The topological polar surface area (TPSA) is 58.6 Å². The molecule has 5 heteroatoms. The van der Waals surface area contributed by atoms with E-state index in [0.29, 0.717) is 19.5 Å². The Morgan fingerprint density at radius 1 is 0.968 bits per heavy atom. The van der Waals surface area contributed by atoms with Crippen LogP contribution in [0.5, 0.6) is 0 Å². The second kappa shape index (κ2) is 15.6. The fraction of sp³-hybridized carbons (Fsp3) is 0.615. The van der Waals surface area contributed by atoms with Gasteiger partial charge in [-0.3, -0.25) is 14.4 Å². The molecule has 0 spiro atoms. The van der Waals surface area contributed by atoms with E-state index in [0.717, 1.165) is 38.5 Å². The molecule has 2 amide bonds. The molecule has 0 saturated carbocycles. The van der Waals surface area contributed by atoms with Crippen molar-refractivity contribution in [2.24, 2.45) is 5.92 Å². The lowest BCUT2D eigenvalue weighted by Crippen LogP contribution is -2.46. The van der Waals surface area contributed by atoms with Gasteiger partial charge in [0.15, 0.2) is 0 Å². The summed E-state index contributed by atoms with van der Waals surface area (Å²) in [7, 11) is 0. The molecule has 172 valence electrons. The fourth-order valence-electron chi connectivity index (χ4n) is 3.85.